The van der Waals surface area contributed by atoms with Crippen LogP contribution in [0.2, 0.25) is 0 Å². The highest BCUT2D eigenvalue weighted by Crippen LogP contribution is 2.20. The minimum absolute atomic E-state index is 0.0859. The van der Waals surface area contributed by atoms with Gasteiger partial charge in [0.2, 0.25) is 5.91 Å². The molecule has 0 aliphatic rings. The first-order valence-corrected chi connectivity index (χ1v) is 7.15. The molecule has 2 rings (SSSR count). The maximum absolute atomic E-state index is 11.8. The van der Waals surface area contributed by atoms with Crippen molar-refractivity contribution in [3.8, 4) is 0 Å². The number of hydrogen-bond acceptors (Lipinski definition) is 5. The molecule has 0 bridgehead atoms. The van der Waals surface area contributed by atoms with Gasteiger partial charge >= 0.3 is 5.97 Å². The van der Waals surface area contributed by atoms with Crippen molar-refractivity contribution >= 4 is 50.0 Å². The summed E-state index contributed by atoms with van der Waals surface area (Å²) < 4.78 is 0.575. The number of carbonyl (C=O) groups is 2. The zero-order valence-electron chi connectivity index (χ0n) is 10.1. The number of carboxylic acids is 1. The van der Waals surface area contributed by atoms with Gasteiger partial charge in [-0.05, 0) is 18.2 Å². The summed E-state index contributed by atoms with van der Waals surface area (Å²) in [6, 6.07) is 4.47. The van der Waals surface area contributed by atoms with Crippen molar-refractivity contribution in [3.63, 3.8) is 0 Å². The molecule has 4 N–H and O–H groups in total. The summed E-state index contributed by atoms with van der Waals surface area (Å²) >= 11 is 4.46. The van der Waals surface area contributed by atoms with Gasteiger partial charge < -0.3 is 16.2 Å². The maximum Gasteiger partial charge on any atom is 0.335 e. The number of amides is 1. The molecule has 0 aliphatic carbocycles. The third-order valence-corrected chi connectivity index (χ3v) is 3.52. The minimum atomic E-state index is -1.06. The van der Waals surface area contributed by atoms with Crippen molar-refractivity contribution < 1.29 is 14.7 Å². The van der Waals surface area contributed by atoms with E-state index in [0.29, 0.717) is 21.0 Å². The van der Waals surface area contributed by atoms with E-state index >= 15 is 0 Å². The predicted molar refractivity (Wildman–Crippen MR) is 80.0 cm³/mol. The van der Waals surface area contributed by atoms with Crippen molar-refractivity contribution in [1.29, 1.82) is 0 Å². The quantitative estimate of drug-likeness (QED) is 0.780. The van der Waals surface area contributed by atoms with E-state index in [9.17, 15) is 9.59 Å². The van der Waals surface area contributed by atoms with Crippen LogP contribution in [-0.4, -0.2) is 22.0 Å². The maximum atomic E-state index is 11.8. The van der Waals surface area contributed by atoms with Gasteiger partial charge in [-0.25, -0.2) is 9.78 Å². The molecule has 0 fully saturated rings. The number of carboxylic acid groups (broad SMARTS) is 1. The van der Waals surface area contributed by atoms with Crippen LogP contribution in [0.5, 0.6) is 0 Å². The number of nitrogen functional groups attached to an aromatic ring is 1. The van der Waals surface area contributed by atoms with Crippen molar-refractivity contribution in [2.75, 3.05) is 11.1 Å². The molecule has 0 radical (unpaired) electrons. The molecule has 1 heterocycles. The van der Waals surface area contributed by atoms with Gasteiger partial charge in [0.15, 0.2) is 5.13 Å². The summed E-state index contributed by atoms with van der Waals surface area (Å²) in [6.07, 6.45) is 0.0859. The Labute approximate surface area is 126 Å². The number of aromatic carboxylic acids is 1. The molecule has 2 aromatic rings. The summed E-state index contributed by atoms with van der Waals surface area (Å²) in [5.74, 6) is -1.35. The molecule has 104 valence electrons. The van der Waals surface area contributed by atoms with E-state index in [1.165, 1.54) is 23.5 Å². The molecule has 0 atom stereocenters. The average molecular weight is 356 g/mol. The molecular formula is C12H10BrN3O3S. The van der Waals surface area contributed by atoms with E-state index in [2.05, 4.69) is 26.2 Å². The molecule has 0 saturated carbocycles. The van der Waals surface area contributed by atoms with E-state index in [-0.39, 0.29) is 17.9 Å². The number of anilines is 2. The van der Waals surface area contributed by atoms with Crippen molar-refractivity contribution in [3.05, 3.63) is 39.3 Å². The number of halogens is 1. The van der Waals surface area contributed by atoms with Crippen LogP contribution in [0.3, 0.4) is 0 Å². The molecule has 6 nitrogen and oxygen atoms in total. The van der Waals surface area contributed by atoms with Crippen LogP contribution in [0.4, 0.5) is 10.8 Å². The molecule has 20 heavy (non-hydrogen) atoms. The number of nitrogens with two attached hydrogens (primary N) is 1. The fraction of sp³-hybridized carbons (Fsp3) is 0.0833. The zero-order chi connectivity index (χ0) is 14.7. The standard InChI is InChI=1S/C12H10BrN3O3S/c13-7-1-6(11(18)19)2-8(3-7)15-10(17)4-9-5-20-12(14)16-9/h1-3,5H,4H2,(H2,14,16)(H,15,17)(H,18,19). The highest BCUT2D eigenvalue weighted by Gasteiger charge is 2.10. The lowest BCUT2D eigenvalue weighted by Gasteiger charge is -2.06. The number of nitrogens with one attached hydrogen (secondary N) is 1. The van der Waals surface area contributed by atoms with Crippen LogP contribution in [-0.2, 0) is 11.2 Å². The Hall–Kier alpha value is -1.93. The van der Waals surface area contributed by atoms with E-state index in [1.54, 1.807) is 11.4 Å². The van der Waals surface area contributed by atoms with Gasteiger partial charge in [0.25, 0.3) is 0 Å². The molecule has 0 aliphatic heterocycles. The molecule has 8 heteroatoms. The Bertz CT molecular complexity index is 672. The summed E-state index contributed by atoms with van der Waals surface area (Å²) in [5.41, 5.74) is 6.56. The Kier molecular flexibility index (Phi) is 4.35. The molecular weight excluding hydrogens is 346 g/mol. The SMILES string of the molecule is Nc1nc(CC(=O)Nc2cc(Br)cc(C(=O)O)c2)cs1. The lowest BCUT2D eigenvalue weighted by molar-refractivity contribution is -0.115. The largest absolute Gasteiger partial charge is 0.478 e. The van der Waals surface area contributed by atoms with Gasteiger partial charge in [-0.1, -0.05) is 15.9 Å². The Morgan fingerprint density at radius 2 is 2.15 bits per heavy atom. The third-order valence-electron chi connectivity index (χ3n) is 2.34. The number of aromatic nitrogens is 1. The van der Waals surface area contributed by atoms with Crippen molar-refractivity contribution in [1.82, 2.24) is 4.98 Å². The average Bonchev–Trinajstić information content (AvgIpc) is 2.73. The van der Waals surface area contributed by atoms with E-state index in [1.807, 2.05) is 0 Å². The second kappa shape index (κ2) is 6.02. The minimum Gasteiger partial charge on any atom is -0.478 e. The highest BCUT2D eigenvalue weighted by molar-refractivity contribution is 9.10. The van der Waals surface area contributed by atoms with Gasteiger partial charge in [0.05, 0.1) is 17.7 Å². The number of carbonyl (C=O) groups excluding carboxylic acids is 1. The number of benzene rings is 1. The number of thiazole rings is 1. The van der Waals surface area contributed by atoms with Gasteiger partial charge in [-0.2, -0.15) is 0 Å². The fourth-order valence-electron chi connectivity index (χ4n) is 1.56. The zero-order valence-corrected chi connectivity index (χ0v) is 12.5. The first-order chi connectivity index (χ1) is 9.44. The van der Waals surface area contributed by atoms with E-state index < -0.39 is 5.97 Å². The lowest BCUT2D eigenvalue weighted by atomic mass is 10.2. The van der Waals surface area contributed by atoms with Crippen LogP contribution >= 0.6 is 27.3 Å². The molecule has 0 unspecified atom stereocenters. The second-order valence-electron chi connectivity index (χ2n) is 3.94. The first kappa shape index (κ1) is 14.5. The van der Waals surface area contributed by atoms with Gasteiger partial charge in [-0.3, -0.25) is 4.79 Å². The van der Waals surface area contributed by atoms with E-state index in [0.717, 1.165) is 0 Å². The number of hydrogen-bond donors (Lipinski definition) is 3. The van der Waals surface area contributed by atoms with Crippen LogP contribution in [0.25, 0.3) is 0 Å². The molecule has 1 amide bonds. The smallest absolute Gasteiger partial charge is 0.335 e. The number of rotatable bonds is 4. The summed E-state index contributed by atoms with van der Waals surface area (Å²) in [6.45, 7) is 0. The topological polar surface area (TPSA) is 105 Å². The summed E-state index contributed by atoms with van der Waals surface area (Å²) in [4.78, 5) is 26.8. The third kappa shape index (κ3) is 3.78. The fourth-order valence-corrected chi connectivity index (χ4v) is 2.61. The van der Waals surface area contributed by atoms with Gasteiger partial charge in [0.1, 0.15) is 0 Å². The van der Waals surface area contributed by atoms with E-state index in [4.69, 9.17) is 10.8 Å². The summed E-state index contributed by atoms with van der Waals surface area (Å²) in [5, 5.41) is 13.7. The van der Waals surface area contributed by atoms with Crippen LogP contribution in [0.1, 0.15) is 16.1 Å². The Balaban J connectivity index is 2.09. The predicted octanol–water partition coefficient (Wildman–Crippen LogP) is 2.37. The van der Waals surface area contributed by atoms with Crippen molar-refractivity contribution in [2.24, 2.45) is 0 Å². The Morgan fingerprint density at radius 3 is 2.75 bits per heavy atom. The normalized spacial score (nSPS) is 10.2. The lowest BCUT2D eigenvalue weighted by Crippen LogP contribution is -2.15. The molecule has 1 aromatic carbocycles. The first-order valence-electron chi connectivity index (χ1n) is 5.47. The molecule has 1 aromatic heterocycles. The van der Waals surface area contributed by atoms with Crippen LogP contribution in [0.15, 0.2) is 28.1 Å². The van der Waals surface area contributed by atoms with Crippen LogP contribution in [0, 0.1) is 0 Å². The second-order valence-corrected chi connectivity index (χ2v) is 5.74. The molecule has 0 spiro atoms. The van der Waals surface area contributed by atoms with Gasteiger partial charge in [-0.15, -0.1) is 11.3 Å². The van der Waals surface area contributed by atoms with Crippen LogP contribution < -0.4 is 11.1 Å². The Morgan fingerprint density at radius 1 is 1.40 bits per heavy atom. The summed E-state index contributed by atoms with van der Waals surface area (Å²) in [7, 11) is 0. The highest BCUT2D eigenvalue weighted by atomic mass is 79.9. The van der Waals surface area contributed by atoms with Gasteiger partial charge in [0, 0.05) is 15.5 Å². The monoisotopic (exact) mass is 355 g/mol. The van der Waals surface area contributed by atoms with Crippen molar-refractivity contribution in [2.45, 2.75) is 6.42 Å². The number of nitrogens with zero attached hydrogens (tertiary/aromatic N) is 1. The molecule has 0 saturated heterocycles.